The van der Waals surface area contributed by atoms with Gasteiger partial charge in [0.05, 0.1) is 116 Å². The number of nitrogens with zero attached hydrogens (tertiary/aromatic N) is 14. The lowest BCUT2D eigenvalue weighted by Gasteiger charge is -2.30. The molecule has 0 saturated carbocycles. The standard InChI is InChI=1S/C85H109ClN22O16S/c1-56-57(2)125-85-74(56)75(61-13-15-62(86)16-14-61)94-65(76-100-99-58(3)108(76)85)51-73(112)107-31-22-60(23-32-107)12-10-9-11-59-20-29-106(30-21-59)34-36-119-38-40-121-42-44-123-46-48-124-47-45-122-43-41-120-39-37-118-35-28-87-70(109)17-24-91-82(115)78-97-68(54-104(78)7)95-71(110)18-25-90-81(114)67-50-64(53-103(67)6)93-84(117)79-98-69(55-105(79)8)96-72(111)19-26-89-80(113)66-49-63(52-102(66)5)92-83(116)77-88-27-33-101(77)4/h13-16,27,33,49-50,52-55,59-60,65H,17-26,28-32,34-48,51H2,1-8H3,(H,87,109)(H,89,113)(H,90,114)(H,91,115)(H,92,116)(H,93,117)(H,95,110)(H,96,111)/t65-/m0/s1. The van der Waals surface area contributed by atoms with Crippen LogP contribution in [0.3, 0.4) is 0 Å². The first kappa shape index (κ1) is 93.9. The van der Waals surface area contributed by atoms with Crippen LogP contribution in [0.4, 0.5) is 23.0 Å². The van der Waals surface area contributed by atoms with Crippen LogP contribution in [-0.4, -0.2) is 273 Å². The van der Waals surface area contributed by atoms with E-state index >= 15 is 0 Å². The molecule has 0 radical (unpaired) electrons. The highest BCUT2D eigenvalue weighted by Crippen LogP contribution is 2.40. The molecule has 8 N–H and O–H groups in total. The Morgan fingerprint density at radius 1 is 0.504 bits per heavy atom. The van der Waals surface area contributed by atoms with Crippen LogP contribution in [0.25, 0.3) is 5.00 Å². The normalized spacial score (nSPS) is 14.0. The van der Waals surface area contributed by atoms with Gasteiger partial charge in [0.25, 0.3) is 29.5 Å². The smallest absolute Gasteiger partial charge is 0.291 e. The second kappa shape index (κ2) is 47.4. The highest BCUT2D eigenvalue weighted by molar-refractivity contribution is 7.15. The number of hydrogen-bond acceptors (Lipinski definition) is 24. The molecule has 0 aliphatic carbocycles. The van der Waals surface area contributed by atoms with Gasteiger partial charge in [0.15, 0.2) is 23.3 Å². The van der Waals surface area contributed by atoms with E-state index in [4.69, 9.17) is 49.8 Å². The quantitative estimate of drug-likeness (QED) is 0.0182. The molecule has 40 heteroatoms. The number of fused-ring (bicyclic) bond motifs is 3. The van der Waals surface area contributed by atoms with Gasteiger partial charge >= 0.3 is 0 Å². The summed E-state index contributed by atoms with van der Waals surface area (Å²) in [5, 5.41) is 32.1. The monoisotopic (exact) mass is 1760 g/mol. The van der Waals surface area contributed by atoms with E-state index in [9.17, 15) is 43.2 Å². The number of halogens is 1. The van der Waals surface area contributed by atoms with Crippen LogP contribution in [0.2, 0.25) is 5.02 Å². The summed E-state index contributed by atoms with van der Waals surface area (Å²) in [6.07, 6.45) is 12.6. The summed E-state index contributed by atoms with van der Waals surface area (Å²) in [6, 6.07) is 10.1. The summed E-state index contributed by atoms with van der Waals surface area (Å²) in [5.41, 5.74) is 5.03. The molecule has 9 amide bonds. The van der Waals surface area contributed by atoms with Crippen molar-refractivity contribution in [1.29, 1.82) is 0 Å². The SMILES string of the molecule is Cc1sc2c(c1C)C(c1ccc(Cl)cc1)=N[C@@H](CC(=O)N1CCC(C#CC#CC3CCN(CCOCCOCCOCCOCCOCCOCCOCCNC(=O)CCNC(=O)c4nc(NC(=O)CCNC(=O)c5cc(NC(=O)c6nc(NC(=O)CCNC(=O)c7cc(NC(=O)c8nccn8C)cn7C)cn6C)cn5C)cn4C)CC3)CC1)c1nnc(C)n1-2. The molecule has 11 rings (SSSR count). The van der Waals surface area contributed by atoms with Crippen molar-refractivity contribution in [3.05, 3.63) is 141 Å². The number of benzene rings is 1. The predicted molar refractivity (Wildman–Crippen MR) is 465 cm³/mol. The molecule has 38 nitrogen and oxygen atoms in total. The molecule has 1 atom stereocenters. The van der Waals surface area contributed by atoms with Gasteiger partial charge in [-0.15, -0.1) is 21.5 Å². The number of hydrogen-bond donors (Lipinski definition) is 8. The zero-order valence-corrected chi connectivity index (χ0v) is 73.2. The first-order valence-electron chi connectivity index (χ1n) is 41.6. The minimum absolute atomic E-state index is 0.00162. The second-order valence-electron chi connectivity index (χ2n) is 30.0. The van der Waals surface area contributed by atoms with Gasteiger partial charge in [0, 0.05) is 170 Å². The van der Waals surface area contributed by atoms with Gasteiger partial charge in [0.1, 0.15) is 28.3 Å². The molecule has 2 fully saturated rings. The Hall–Kier alpha value is -11.8. The van der Waals surface area contributed by atoms with Gasteiger partial charge in [-0.2, -0.15) is 0 Å². The van der Waals surface area contributed by atoms with Crippen LogP contribution in [0.15, 0.2) is 78.6 Å². The molecule has 3 aliphatic rings. The highest BCUT2D eigenvalue weighted by atomic mass is 35.5. The van der Waals surface area contributed by atoms with E-state index in [1.54, 1.807) is 63.5 Å². The maximum atomic E-state index is 14.0. The fourth-order valence-corrected chi connectivity index (χ4v) is 15.3. The van der Waals surface area contributed by atoms with Gasteiger partial charge in [-0.05, 0) is 101 Å². The number of piperidine rings is 2. The van der Waals surface area contributed by atoms with Gasteiger partial charge in [-0.1, -0.05) is 35.6 Å². The summed E-state index contributed by atoms with van der Waals surface area (Å²) in [5.74, 6) is 11.5. The topological polar surface area (TPSA) is 427 Å². The van der Waals surface area contributed by atoms with Crippen molar-refractivity contribution >= 4 is 105 Å². The Labute approximate surface area is 733 Å². The van der Waals surface area contributed by atoms with Gasteiger partial charge in [-0.25, -0.2) is 15.0 Å². The van der Waals surface area contributed by atoms with E-state index in [0.29, 0.717) is 121 Å². The highest BCUT2D eigenvalue weighted by Gasteiger charge is 2.35. The average molecular weight is 1760 g/mol. The lowest BCUT2D eigenvalue weighted by atomic mass is 9.96. The number of thiophene rings is 1. The third kappa shape index (κ3) is 27.9. The molecule has 0 spiro atoms. The number of ether oxygens (including phenoxy) is 7. The molecular formula is C85H109ClN22O16S. The number of carbonyl (C=O) groups excluding carboxylic acids is 9. The minimum atomic E-state index is -0.638. The summed E-state index contributed by atoms with van der Waals surface area (Å²) in [7, 11) is 8.05. The number of carbonyl (C=O) groups is 9. The number of imidazole rings is 3. The van der Waals surface area contributed by atoms with Crippen molar-refractivity contribution in [3.63, 3.8) is 0 Å². The van der Waals surface area contributed by atoms with E-state index in [0.717, 1.165) is 78.5 Å². The van der Waals surface area contributed by atoms with E-state index in [1.165, 1.54) is 60.1 Å². The van der Waals surface area contributed by atoms with Crippen LogP contribution < -0.4 is 42.5 Å². The van der Waals surface area contributed by atoms with Crippen LogP contribution >= 0.6 is 22.9 Å². The van der Waals surface area contributed by atoms with Crippen molar-refractivity contribution < 1.29 is 76.3 Å². The molecular weight excluding hydrogens is 1650 g/mol. The fourth-order valence-electron chi connectivity index (χ4n) is 13.9. The number of rotatable bonds is 45. The zero-order valence-electron chi connectivity index (χ0n) is 71.7. The van der Waals surface area contributed by atoms with E-state index in [1.807, 2.05) is 36.1 Å². The maximum Gasteiger partial charge on any atom is 0.291 e. The molecule has 0 bridgehead atoms. The van der Waals surface area contributed by atoms with Crippen LogP contribution in [0.1, 0.15) is 143 Å². The first-order valence-corrected chi connectivity index (χ1v) is 42.7. The summed E-state index contributed by atoms with van der Waals surface area (Å²) in [6.45, 7) is 16.4. The molecule has 3 aliphatic heterocycles. The number of amides is 9. The number of anilines is 4. The first-order chi connectivity index (χ1) is 60.4. The van der Waals surface area contributed by atoms with E-state index in [-0.39, 0.29) is 122 Å². The Balaban J connectivity index is 0.433. The van der Waals surface area contributed by atoms with Crippen molar-refractivity contribution in [3.8, 4) is 28.7 Å². The molecule has 10 heterocycles. The van der Waals surface area contributed by atoms with Crippen molar-refractivity contribution in [1.82, 2.24) is 83.6 Å². The predicted octanol–water partition coefficient (Wildman–Crippen LogP) is 5.10. The second-order valence-corrected chi connectivity index (χ2v) is 31.6. The number of aryl methyl sites for hydroxylation is 7. The number of aromatic nitrogens is 11. The third-order valence-corrected chi connectivity index (χ3v) is 22.2. The summed E-state index contributed by atoms with van der Waals surface area (Å²) < 4.78 is 48.9. The van der Waals surface area contributed by atoms with E-state index < -0.39 is 47.4 Å². The number of likely N-dealkylation sites (tertiary alicyclic amines) is 2. The van der Waals surface area contributed by atoms with Crippen molar-refractivity contribution in [2.45, 2.75) is 78.2 Å². The number of aliphatic imine (C=N–C) groups is 1. The van der Waals surface area contributed by atoms with Crippen molar-refractivity contribution in [2.75, 3.05) is 173 Å². The van der Waals surface area contributed by atoms with Crippen LogP contribution in [0, 0.1) is 56.3 Å². The Bertz CT molecular complexity index is 5210. The van der Waals surface area contributed by atoms with Gasteiger partial charge in [-0.3, -0.25) is 52.7 Å². The fraction of sp³-hybridized carbons (Fsp3) is 0.494. The Morgan fingerprint density at radius 3 is 1.49 bits per heavy atom. The molecule has 7 aromatic heterocycles. The Morgan fingerprint density at radius 2 is 0.976 bits per heavy atom. The Kier molecular flexibility index (Phi) is 35.6. The zero-order chi connectivity index (χ0) is 88.7. The lowest BCUT2D eigenvalue weighted by Crippen LogP contribution is -2.38. The molecule has 2 saturated heterocycles. The van der Waals surface area contributed by atoms with Gasteiger partial charge < -0.3 is 108 Å². The molecule has 1 aromatic carbocycles. The van der Waals surface area contributed by atoms with Gasteiger partial charge in [0.2, 0.25) is 35.3 Å². The molecule has 8 aromatic rings. The van der Waals surface area contributed by atoms with E-state index in [2.05, 4.69) is 115 Å². The van der Waals surface area contributed by atoms with Crippen LogP contribution in [-0.2, 0) is 87.6 Å². The van der Waals surface area contributed by atoms with Crippen LogP contribution in [0.5, 0.6) is 0 Å². The largest absolute Gasteiger partial charge is 0.378 e. The molecule has 125 heavy (non-hydrogen) atoms. The molecule has 0 unspecified atom stereocenters. The minimum Gasteiger partial charge on any atom is -0.378 e. The van der Waals surface area contributed by atoms with Crippen molar-refractivity contribution in [2.24, 2.45) is 52.1 Å². The average Bonchev–Trinajstić information content (AvgIpc) is 1.59. The summed E-state index contributed by atoms with van der Waals surface area (Å²) in [4.78, 5) is 140. The third-order valence-electron chi connectivity index (χ3n) is 20.7. The maximum absolute atomic E-state index is 14.0. The number of nitrogens with one attached hydrogen (secondary N) is 8. The lowest BCUT2D eigenvalue weighted by molar-refractivity contribution is -0.132. The molecule has 668 valence electrons. The summed E-state index contributed by atoms with van der Waals surface area (Å²) >= 11 is 7.99.